The number of sulfonamides is 1. The monoisotopic (exact) mass is 459 g/mol. The minimum Gasteiger partial charge on any atom is -0.258 e. The molecule has 0 unspecified atom stereocenters. The Hall–Kier alpha value is -1.98. The second-order valence-electron chi connectivity index (χ2n) is 5.70. The van der Waals surface area contributed by atoms with E-state index in [0.29, 0.717) is 17.1 Å². The number of halogens is 2. The average molecular weight is 459 g/mol. The first-order valence-electron chi connectivity index (χ1n) is 8.00. The van der Waals surface area contributed by atoms with Crippen LogP contribution in [0.25, 0.3) is 0 Å². The van der Waals surface area contributed by atoms with Crippen LogP contribution in [0.1, 0.15) is 24.8 Å². The van der Waals surface area contributed by atoms with E-state index in [9.17, 15) is 37.4 Å². The number of nitrogens with zero attached hydrogens (tertiary/aromatic N) is 3. The van der Waals surface area contributed by atoms with E-state index in [1.165, 1.54) is 0 Å². The molecule has 1 aromatic carbocycles. The molecule has 1 aliphatic heterocycles. The smallest absolute Gasteiger partial charge is 0.258 e. The summed E-state index contributed by atoms with van der Waals surface area (Å²) in [4.78, 5) is 24.5. The molecule has 2 rings (SSSR count). The van der Waals surface area contributed by atoms with Gasteiger partial charge in [0.2, 0.25) is 0 Å². The lowest BCUT2D eigenvalue weighted by Crippen LogP contribution is -2.44. The summed E-state index contributed by atoms with van der Waals surface area (Å²) in [7, 11) is -5.01. The van der Waals surface area contributed by atoms with Crippen molar-refractivity contribution in [3.05, 3.63) is 44.0 Å². The van der Waals surface area contributed by atoms with Gasteiger partial charge in [0.05, 0.1) is 9.85 Å². The number of hydrogen-bond acceptors (Lipinski definition) is 10. The van der Waals surface area contributed by atoms with Crippen molar-refractivity contribution in [2.45, 2.75) is 30.5 Å². The number of alkyl halides is 2. The highest BCUT2D eigenvalue weighted by Gasteiger charge is 2.51. The standard InChI is InChI=1S/C13H15F2N3O9S2/c14-13(15,29(23,24)16-7-2-1-3-8-16)28-27-26-25-9-10-11(17(19)20)5-4-6-12(10)18(21)22/h4-6H,1-3,7-9H2. The van der Waals surface area contributed by atoms with Gasteiger partial charge >= 0.3 is 4.59 Å². The van der Waals surface area contributed by atoms with Crippen LogP contribution in [0.15, 0.2) is 18.2 Å². The van der Waals surface area contributed by atoms with Gasteiger partial charge in [0, 0.05) is 25.2 Å². The molecule has 1 fully saturated rings. The Bertz CT molecular complexity index is 831. The summed E-state index contributed by atoms with van der Waals surface area (Å²) in [5.74, 6) is 0. The van der Waals surface area contributed by atoms with Crippen LogP contribution in [-0.4, -0.2) is 40.2 Å². The predicted octanol–water partition coefficient (Wildman–Crippen LogP) is 2.90. The summed E-state index contributed by atoms with van der Waals surface area (Å²) in [6.07, 6.45) is 1.64. The summed E-state index contributed by atoms with van der Waals surface area (Å²) < 4.78 is 52.1. The van der Waals surface area contributed by atoms with Crippen molar-refractivity contribution in [2.75, 3.05) is 13.1 Å². The molecule has 0 saturated carbocycles. The van der Waals surface area contributed by atoms with Gasteiger partial charge in [-0.1, -0.05) is 11.5 Å². The zero-order valence-corrected chi connectivity index (χ0v) is 16.2. The van der Waals surface area contributed by atoms with Gasteiger partial charge in [0.25, 0.3) is 21.4 Å². The van der Waals surface area contributed by atoms with E-state index in [0.717, 1.165) is 24.6 Å². The van der Waals surface area contributed by atoms with Gasteiger partial charge in [-0.15, -0.1) is 4.33 Å². The molecule has 1 heterocycles. The fourth-order valence-corrected chi connectivity index (χ4v) is 4.44. The van der Waals surface area contributed by atoms with Crippen LogP contribution < -0.4 is 0 Å². The first-order chi connectivity index (χ1) is 13.6. The Labute approximate surface area is 167 Å². The van der Waals surface area contributed by atoms with Gasteiger partial charge in [0.1, 0.15) is 24.2 Å². The zero-order valence-electron chi connectivity index (χ0n) is 14.6. The summed E-state index contributed by atoms with van der Waals surface area (Å²) in [6, 6.07) is 3.03. The topological polar surface area (TPSA) is 151 Å². The third-order valence-electron chi connectivity index (χ3n) is 3.89. The third-order valence-corrected chi connectivity index (χ3v) is 6.68. The largest absolute Gasteiger partial charge is 0.433 e. The van der Waals surface area contributed by atoms with Gasteiger partial charge in [-0.2, -0.15) is 18.0 Å². The van der Waals surface area contributed by atoms with E-state index in [2.05, 4.69) is 14.3 Å². The fourth-order valence-electron chi connectivity index (χ4n) is 2.51. The summed E-state index contributed by atoms with van der Waals surface area (Å²) in [5.41, 5.74) is -1.81. The molecule has 12 nitrogen and oxygen atoms in total. The average Bonchev–Trinajstić information content (AvgIpc) is 2.67. The van der Waals surface area contributed by atoms with Crippen LogP contribution in [0, 0.1) is 20.2 Å². The SMILES string of the molecule is O=[N+]([O-])c1cccc([N+](=O)[O-])c1COOOSC(F)(F)S(=O)(=O)N1CCCCC1. The highest BCUT2D eigenvalue weighted by Crippen LogP contribution is 2.39. The van der Waals surface area contributed by atoms with Crippen molar-refractivity contribution in [1.29, 1.82) is 0 Å². The van der Waals surface area contributed by atoms with E-state index in [1.54, 1.807) is 0 Å². The summed E-state index contributed by atoms with van der Waals surface area (Å²) in [5, 5.41) is 25.9. The van der Waals surface area contributed by atoms with Gasteiger partial charge in [0.15, 0.2) is 0 Å². The van der Waals surface area contributed by atoms with Gasteiger partial charge in [-0.25, -0.2) is 8.42 Å². The van der Waals surface area contributed by atoms with E-state index in [4.69, 9.17) is 0 Å². The van der Waals surface area contributed by atoms with Crippen molar-refractivity contribution in [2.24, 2.45) is 0 Å². The Kier molecular flexibility index (Phi) is 7.78. The number of piperidine rings is 1. The molecule has 0 radical (unpaired) electrons. The molecule has 1 aromatic rings. The maximum absolute atomic E-state index is 14.0. The van der Waals surface area contributed by atoms with E-state index in [-0.39, 0.29) is 13.1 Å². The number of hydrogen-bond donors (Lipinski definition) is 0. The van der Waals surface area contributed by atoms with Gasteiger partial charge in [-0.3, -0.25) is 20.2 Å². The minimum absolute atomic E-state index is 0.0445. The Balaban J connectivity index is 1.94. The molecule has 162 valence electrons. The van der Waals surface area contributed by atoms with Crippen LogP contribution >= 0.6 is 12.0 Å². The van der Waals surface area contributed by atoms with Crippen molar-refractivity contribution < 1.29 is 41.3 Å². The van der Waals surface area contributed by atoms with Crippen LogP contribution in [0.3, 0.4) is 0 Å². The Morgan fingerprint density at radius 1 is 1.10 bits per heavy atom. The summed E-state index contributed by atoms with van der Waals surface area (Å²) in [6.45, 7) is -0.979. The van der Waals surface area contributed by atoms with Crippen LogP contribution in [0.4, 0.5) is 20.2 Å². The van der Waals surface area contributed by atoms with Crippen LogP contribution in [0.2, 0.25) is 0 Å². The molecule has 0 N–H and O–H groups in total. The molecule has 0 spiro atoms. The molecule has 29 heavy (non-hydrogen) atoms. The molecule has 0 aliphatic carbocycles. The van der Waals surface area contributed by atoms with Gasteiger partial charge < -0.3 is 0 Å². The number of nitro groups is 2. The number of benzene rings is 1. The second-order valence-corrected chi connectivity index (χ2v) is 8.75. The third kappa shape index (κ3) is 5.55. The molecule has 1 saturated heterocycles. The molecule has 16 heteroatoms. The predicted molar refractivity (Wildman–Crippen MR) is 93.6 cm³/mol. The molecule has 0 amide bonds. The summed E-state index contributed by atoms with van der Waals surface area (Å²) >= 11 is -0.842. The highest BCUT2D eigenvalue weighted by atomic mass is 32.3. The van der Waals surface area contributed by atoms with Crippen LogP contribution in [-0.2, 0) is 30.9 Å². The molecule has 0 aromatic heterocycles. The lowest BCUT2D eigenvalue weighted by Gasteiger charge is -2.28. The first-order valence-corrected chi connectivity index (χ1v) is 10.2. The molecule has 1 aliphatic rings. The fraction of sp³-hybridized carbons (Fsp3) is 0.538. The molecular formula is C13H15F2N3O9S2. The maximum atomic E-state index is 14.0. The minimum atomic E-state index is -5.01. The first kappa shape index (κ1) is 23.3. The molecule has 0 bridgehead atoms. The Morgan fingerprint density at radius 3 is 2.17 bits per heavy atom. The van der Waals surface area contributed by atoms with E-state index in [1.807, 2.05) is 0 Å². The van der Waals surface area contributed by atoms with Crippen molar-refractivity contribution in [3.8, 4) is 0 Å². The van der Waals surface area contributed by atoms with Crippen LogP contribution in [0.5, 0.6) is 0 Å². The quantitative estimate of drug-likeness (QED) is 0.168. The van der Waals surface area contributed by atoms with Crippen molar-refractivity contribution in [1.82, 2.24) is 4.31 Å². The highest BCUT2D eigenvalue weighted by molar-refractivity contribution is 8.10. The van der Waals surface area contributed by atoms with E-state index >= 15 is 0 Å². The zero-order chi connectivity index (χ0) is 21.7. The van der Waals surface area contributed by atoms with Gasteiger partial charge in [-0.05, 0) is 18.9 Å². The van der Waals surface area contributed by atoms with E-state index < -0.39 is 60.0 Å². The molecular weight excluding hydrogens is 444 g/mol. The number of rotatable bonds is 10. The maximum Gasteiger partial charge on any atom is 0.433 e. The van der Waals surface area contributed by atoms with Crippen molar-refractivity contribution in [3.63, 3.8) is 0 Å². The second kappa shape index (κ2) is 9.68. The molecule has 0 atom stereocenters. The Morgan fingerprint density at radius 2 is 1.66 bits per heavy atom. The lowest BCUT2D eigenvalue weighted by atomic mass is 10.1. The normalized spacial score (nSPS) is 15.9. The van der Waals surface area contributed by atoms with Crippen molar-refractivity contribution >= 4 is 33.4 Å². The lowest BCUT2D eigenvalue weighted by molar-refractivity contribution is -0.469. The number of nitro benzene ring substituents is 2.